The van der Waals surface area contributed by atoms with E-state index in [2.05, 4.69) is 3.53 Å². The first-order chi connectivity index (χ1) is 13.8. The Morgan fingerprint density at radius 2 is 1.70 bits per heavy atom. The van der Waals surface area contributed by atoms with Gasteiger partial charge in [-0.1, -0.05) is 0 Å². The van der Waals surface area contributed by atoms with Gasteiger partial charge >= 0.3 is 193 Å². The van der Waals surface area contributed by atoms with E-state index in [0.717, 1.165) is 4.43 Å². The molecule has 3 fully saturated rings. The van der Waals surface area contributed by atoms with E-state index in [1.807, 2.05) is 11.9 Å². The van der Waals surface area contributed by atoms with Crippen LogP contribution in [0.1, 0.15) is 39.0 Å². The van der Waals surface area contributed by atoms with Gasteiger partial charge in [0.15, 0.2) is 0 Å². The average molecular weight is 671 g/mol. The van der Waals surface area contributed by atoms with E-state index in [0.29, 0.717) is 12.8 Å². The van der Waals surface area contributed by atoms with Gasteiger partial charge in [-0.15, -0.1) is 0 Å². The van der Waals surface area contributed by atoms with Gasteiger partial charge in [-0.2, -0.15) is 0 Å². The van der Waals surface area contributed by atoms with Crippen molar-refractivity contribution >= 4 is 5.97 Å². The Kier molecular flexibility index (Phi) is 7.23. The summed E-state index contributed by atoms with van der Waals surface area (Å²) in [6.07, 6.45) is -11.9. The summed E-state index contributed by atoms with van der Waals surface area (Å²) in [6.45, 7) is 1.89. The van der Waals surface area contributed by atoms with Gasteiger partial charge in [0.05, 0.1) is 0 Å². The summed E-state index contributed by atoms with van der Waals surface area (Å²) in [5.41, 5.74) is -4.70. The number of hydrogen-bond donors (Lipinski definition) is 2. The van der Waals surface area contributed by atoms with Crippen LogP contribution in [0.25, 0.3) is 0 Å². The van der Waals surface area contributed by atoms with Crippen LogP contribution in [-0.2, 0) is 9.53 Å². The molecule has 4 nitrogen and oxygen atoms in total. The summed E-state index contributed by atoms with van der Waals surface area (Å²) in [4.78, 5) is 14.9. The summed E-state index contributed by atoms with van der Waals surface area (Å²) in [7, 11) is 0. The molecule has 2 saturated carbocycles. The van der Waals surface area contributed by atoms with E-state index in [-0.39, 0.29) is 52.2 Å². The summed E-state index contributed by atoms with van der Waals surface area (Å²) in [6, 6.07) is 0.108. The summed E-state index contributed by atoms with van der Waals surface area (Å²) in [5.74, 6) is -2.91. The minimum atomic E-state index is -5.79. The van der Waals surface area contributed by atoms with Crippen LogP contribution in [0.2, 0.25) is 0 Å². The van der Waals surface area contributed by atoms with Gasteiger partial charge in [-0.3, -0.25) is 0 Å². The molecule has 2 N–H and O–H groups in total. The van der Waals surface area contributed by atoms with Crippen molar-refractivity contribution in [1.82, 2.24) is 3.53 Å². The molecule has 178 valence electrons. The monoisotopic (exact) mass is 671 g/mol. The molecule has 0 radical (unpaired) electrons. The van der Waals surface area contributed by atoms with Crippen LogP contribution in [0, 0.1) is 17.8 Å². The van der Waals surface area contributed by atoms with Crippen molar-refractivity contribution < 1.29 is 83.7 Å². The van der Waals surface area contributed by atoms with Crippen molar-refractivity contribution in [3.8, 4) is 0 Å². The van der Waals surface area contributed by atoms with E-state index in [1.165, 1.54) is 0 Å². The molecule has 1 heterocycles. The fourth-order valence-corrected chi connectivity index (χ4v) is 10.4. The standard InChI is InChI=1S/C18H25F6I2NO3/c1-15(25-2,13-8-26-27-13)14(28)30-12-6-3-9-7-10(4-5-11(9)12)16(29,17(19,20)21)18(22,23)24/h9-13,27,29H,3-8H2,1-2H3/q-2. The maximum absolute atomic E-state index is 13.2. The van der Waals surface area contributed by atoms with Crippen LogP contribution in [-0.4, -0.2) is 54.0 Å². The molecule has 12 heteroatoms. The zero-order chi connectivity index (χ0) is 22.5. The Hall–Kier alpha value is 0.430. The number of carbonyl (C=O) groups is 1. The predicted octanol–water partition coefficient (Wildman–Crippen LogP) is -2.97. The molecule has 0 aromatic carbocycles. The molecular formula is C18H25F6I2NO3-2. The van der Waals surface area contributed by atoms with Gasteiger partial charge in [0.25, 0.3) is 0 Å². The second-order valence-corrected chi connectivity index (χ2v) is 14.0. The topological polar surface area (TPSA) is 58.6 Å². The first kappa shape index (κ1) is 25.1. The summed E-state index contributed by atoms with van der Waals surface area (Å²) >= 11 is -0.533. The number of esters is 1. The van der Waals surface area contributed by atoms with Crippen LogP contribution in [0.3, 0.4) is 0 Å². The number of hydrogen-bond acceptors (Lipinski definition) is 4. The molecule has 0 aromatic rings. The average Bonchev–Trinajstić information content (AvgIpc) is 2.99. The third-order valence-corrected chi connectivity index (χ3v) is 12.9. The molecule has 1 saturated heterocycles. The second-order valence-electron chi connectivity index (χ2n) is 8.43. The van der Waals surface area contributed by atoms with Crippen molar-refractivity contribution in [2.45, 2.75) is 72.5 Å². The van der Waals surface area contributed by atoms with Crippen LogP contribution in [0.5, 0.6) is 0 Å². The number of ether oxygens (including phenoxy) is 1. The van der Waals surface area contributed by atoms with Crippen LogP contribution >= 0.6 is 0 Å². The van der Waals surface area contributed by atoms with Gasteiger partial charge in [-0.25, -0.2) is 0 Å². The molecule has 1 aliphatic heterocycles. The normalized spacial score (nSPS) is 35.0. The Balaban J connectivity index is 1.69. The van der Waals surface area contributed by atoms with Gasteiger partial charge in [0.1, 0.15) is 0 Å². The molecular weight excluding hydrogens is 646 g/mol. The fraction of sp³-hybridized carbons (Fsp3) is 0.944. The van der Waals surface area contributed by atoms with Gasteiger partial charge < -0.3 is 0 Å². The molecule has 3 rings (SSSR count). The Labute approximate surface area is 192 Å². The van der Waals surface area contributed by atoms with Crippen molar-refractivity contribution in [2.75, 3.05) is 9.36 Å². The minimum absolute atomic E-state index is 0.0603. The Bertz CT molecular complexity index is 643. The van der Waals surface area contributed by atoms with E-state index in [4.69, 9.17) is 4.74 Å². The fourth-order valence-electron chi connectivity index (χ4n) is 4.86. The molecule has 6 atom stereocenters. The molecule has 0 amide bonds. The zero-order valence-electron chi connectivity index (χ0n) is 16.4. The number of fused-ring (bicyclic) bond motifs is 1. The third kappa shape index (κ3) is 4.19. The van der Waals surface area contributed by atoms with Crippen molar-refractivity contribution in [2.24, 2.45) is 17.8 Å². The van der Waals surface area contributed by atoms with Crippen molar-refractivity contribution in [3.63, 3.8) is 0 Å². The molecule has 6 unspecified atom stereocenters. The quantitative estimate of drug-likeness (QED) is 0.108. The first-order valence-corrected chi connectivity index (χ1v) is 15.5. The number of halogens is 8. The van der Waals surface area contributed by atoms with Crippen LogP contribution in [0.15, 0.2) is 0 Å². The van der Waals surface area contributed by atoms with E-state index < -0.39 is 66.9 Å². The number of alkyl halides is 9. The first-order valence-electron chi connectivity index (χ1n) is 9.67. The van der Waals surface area contributed by atoms with Gasteiger partial charge in [0.2, 0.25) is 0 Å². The zero-order valence-corrected chi connectivity index (χ0v) is 20.7. The van der Waals surface area contributed by atoms with E-state index >= 15 is 0 Å². The van der Waals surface area contributed by atoms with E-state index in [1.54, 1.807) is 0 Å². The molecule has 0 aromatic heterocycles. The van der Waals surface area contributed by atoms with Crippen LogP contribution in [0.4, 0.5) is 26.3 Å². The molecule has 30 heavy (non-hydrogen) atoms. The third-order valence-electron chi connectivity index (χ3n) is 6.94. The Morgan fingerprint density at radius 1 is 1.10 bits per heavy atom. The van der Waals surface area contributed by atoms with Gasteiger partial charge in [0, 0.05) is 0 Å². The Morgan fingerprint density at radius 3 is 2.17 bits per heavy atom. The van der Waals surface area contributed by atoms with Gasteiger partial charge in [-0.05, 0) is 0 Å². The second kappa shape index (κ2) is 8.65. The number of rotatable bonds is 5. The van der Waals surface area contributed by atoms with Crippen LogP contribution < -0.4 is 46.2 Å². The summed E-state index contributed by atoms with van der Waals surface area (Å²) < 4.78 is 88.9. The molecule has 0 spiro atoms. The number of carbonyl (C=O) groups excluding carboxylic acids is 1. The summed E-state index contributed by atoms with van der Waals surface area (Å²) in [5, 5.41) is 9.74. The molecule has 2 aliphatic carbocycles. The van der Waals surface area contributed by atoms with Crippen molar-refractivity contribution in [1.29, 1.82) is 0 Å². The molecule has 3 aliphatic rings. The molecule has 0 bridgehead atoms. The number of nitrogens with one attached hydrogen (secondary N) is 1. The van der Waals surface area contributed by atoms with E-state index in [9.17, 15) is 36.2 Å². The maximum atomic E-state index is 13.2. The van der Waals surface area contributed by atoms with Crippen molar-refractivity contribution in [3.05, 3.63) is 0 Å². The predicted molar refractivity (Wildman–Crippen MR) is 86.6 cm³/mol. The SMILES string of the molecule is C[I-]C(C)(C(=O)OC1CCC2CC(C(O)(C(F)(F)F)C(F)(F)F)CCC21)C1C[I-]N1. The number of aliphatic hydroxyl groups is 1.